The van der Waals surface area contributed by atoms with Crippen LogP contribution in [-0.2, 0) is 0 Å². The molecule has 1 aliphatic heterocycles. The highest BCUT2D eigenvalue weighted by molar-refractivity contribution is 5.45. The fourth-order valence-corrected chi connectivity index (χ4v) is 2.26. The SMILES string of the molecule is Cc1cc([N+](=O)[O-])cc(N2CCCC2C)[n+]1[O-]. The second kappa shape index (κ2) is 4.20. The minimum Gasteiger partial charge on any atom is -0.710 e. The van der Waals surface area contributed by atoms with Crippen LogP contribution < -0.4 is 9.63 Å². The number of rotatable bonds is 2. The first-order chi connectivity index (χ1) is 8.00. The number of hydrogen-bond donors (Lipinski definition) is 0. The lowest BCUT2D eigenvalue weighted by molar-refractivity contribution is -0.600. The molecule has 1 aliphatic rings. The van der Waals surface area contributed by atoms with Crippen molar-refractivity contribution in [1.82, 2.24) is 0 Å². The van der Waals surface area contributed by atoms with Gasteiger partial charge < -0.3 is 5.21 Å². The maximum Gasteiger partial charge on any atom is 0.287 e. The molecule has 1 unspecified atom stereocenters. The number of aryl methyl sites for hydroxylation is 1. The molecule has 1 atom stereocenters. The highest BCUT2D eigenvalue weighted by Crippen LogP contribution is 2.25. The molecular formula is C11H15N3O3. The van der Waals surface area contributed by atoms with Gasteiger partial charge >= 0.3 is 0 Å². The molecule has 0 spiro atoms. The van der Waals surface area contributed by atoms with E-state index in [0.29, 0.717) is 11.5 Å². The van der Waals surface area contributed by atoms with Crippen LogP contribution in [0, 0.1) is 22.2 Å². The van der Waals surface area contributed by atoms with Gasteiger partial charge in [-0.25, -0.2) is 4.73 Å². The van der Waals surface area contributed by atoms with Crippen molar-refractivity contribution in [2.75, 3.05) is 11.4 Å². The number of anilines is 1. The van der Waals surface area contributed by atoms with Gasteiger partial charge in [-0.1, -0.05) is 0 Å². The summed E-state index contributed by atoms with van der Waals surface area (Å²) < 4.78 is 0.773. The van der Waals surface area contributed by atoms with Gasteiger partial charge in [-0.15, -0.1) is 0 Å². The van der Waals surface area contributed by atoms with Crippen molar-refractivity contribution >= 4 is 11.5 Å². The van der Waals surface area contributed by atoms with E-state index in [9.17, 15) is 15.3 Å². The first kappa shape index (κ1) is 11.6. The van der Waals surface area contributed by atoms with Gasteiger partial charge in [-0.05, 0) is 26.7 Å². The van der Waals surface area contributed by atoms with Crippen LogP contribution >= 0.6 is 0 Å². The van der Waals surface area contributed by atoms with E-state index in [4.69, 9.17) is 0 Å². The highest BCUT2D eigenvalue weighted by atomic mass is 16.6. The Morgan fingerprint density at radius 2 is 2.24 bits per heavy atom. The summed E-state index contributed by atoms with van der Waals surface area (Å²) >= 11 is 0. The second-order valence-corrected chi connectivity index (χ2v) is 4.45. The van der Waals surface area contributed by atoms with Crippen molar-refractivity contribution in [2.24, 2.45) is 0 Å². The lowest BCUT2D eigenvalue weighted by Crippen LogP contribution is -2.41. The van der Waals surface area contributed by atoms with E-state index in [0.717, 1.165) is 24.1 Å². The summed E-state index contributed by atoms with van der Waals surface area (Å²) in [4.78, 5) is 12.3. The Morgan fingerprint density at radius 3 is 2.76 bits per heavy atom. The summed E-state index contributed by atoms with van der Waals surface area (Å²) in [5.74, 6) is 0.390. The fourth-order valence-electron chi connectivity index (χ4n) is 2.26. The zero-order valence-electron chi connectivity index (χ0n) is 9.92. The number of nitro groups is 1. The van der Waals surface area contributed by atoms with Crippen LogP contribution in [0.15, 0.2) is 12.1 Å². The maximum absolute atomic E-state index is 11.9. The Morgan fingerprint density at radius 1 is 1.53 bits per heavy atom. The van der Waals surface area contributed by atoms with Gasteiger partial charge in [0.25, 0.3) is 11.5 Å². The molecule has 0 amide bonds. The van der Waals surface area contributed by atoms with Crippen molar-refractivity contribution < 1.29 is 9.65 Å². The van der Waals surface area contributed by atoms with Gasteiger partial charge in [0, 0.05) is 0 Å². The normalized spacial score (nSPS) is 19.6. The van der Waals surface area contributed by atoms with Gasteiger partial charge in [-0.3, -0.25) is 15.0 Å². The van der Waals surface area contributed by atoms with Crippen LogP contribution in [0.25, 0.3) is 0 Å². The molecule has 0 aliphatic carbocycles. The summed E-state index contributed by atoms with van der Waals surface area (Å²) in [6.07, 6.45) is 2.03. The molecule has 0 N–H and O–H groups in total. The van der Waals surface area contributed by atoms with Crippen LogP contribution in [0.1, 0.15) is 25.5 Å². The molecule has 6 nitrogen and oxygen atoms in total. The molecule has 0 radical (unpaired) electrons. The molecule has 0 aromatic carbocycles. The molecule has 6 heteroatoms. The second-order valence-electron chi connectivity index (χ2n) is 4.45. The van der Waals surface area contributed by atoms with E-state index >= 15 is 0 Å². The number of aromatic nitrogens is 1. The smallest absolute Gasteiger partial charge is 0.287 e. The van der Waals surface area contributed by atoms with Crippen molar-refractivity contribution in [2.45, 2.75) is 32.7 Å². The Labute approximate surface area is 99.2 Å². The van der Waals surface area contributed by atoms with Crippen molar-refractivity contribution in [3.63, 3.8) is 0 Å². The number of nitrogens with zero attached hydrogens (tertiary/aromatic N) is 3. The first-order valence-electron chi connectivity index (χ1n) is 5.66. The predicted molar refractivity (Wildman–Crippen MR) is 62.8 cm³/mol. The monoisotopic (exact) mass is 237 g/mol. The Bertz CT molecular complexity index is 462. The molecule has 0 bridgehead atoms. The standard InChI is InChI=1S/C11H15N3O3/c1-8-4-3-5-12(8)11-7-10(14(16)17)6-9(2)13(11)15/h6-8H,3-5H2,1-2H3. The Balaban J connectivity index is 2.48. The predicted octanol–water partition coefficient (Wildman–Crippen LogP) is 1.53. The molecule has 1 aromatic heterocycles. The lowest BCUT2D eigenvalue weighted by Gasteiger charge is -2.20. The molecule has 2 rings (SSSR count). The lowest BCUT2D eigenvalue weighted by atomic mass is 10.2. The minimum atomic E-state index is -0.461. The molecular weight excluding hydrogens is 222 g/mol. The third kappa shape index (κ3) is 2.02. The quantitative estimate of drug-likeness (QED) is 0.338. The minimum absolute atomic E-state index is 0.0244. The zero-order chi connectivity index (χ0) is 12.6. The molecule has 1 saturated heterocycles. The molecule has 0 saturated carbocycles. The molecule has 1 aromatic rings. The van der Waals surface area contributed by atoms with E-state index in [1.54, 1.807) is 6.92 Å². The van der Waals surface area contributed by atoms with Gasteiger partial charge in [0.2, 0.25) is 0 Å². The number of hydrogen-bond acceptors (Lipinski definition) is 4. The van der Waals surface area contributed by atoms with Crippen LogP contribution in [0.4, 0.5) is 11.5 Å². The third-order valence-corrected chi connectivity index (χ3v) is 3.22. The third-order valence-electron chi connectivity index (χ3n) is 3.22. The van der Waals surface area contributed by atoms with Gasteiger partial charge in [-0.2, -0.15) is 0 Å². The van der Waals surface area contributed by atoms with E-state index in [2.05, 4.69) is 0 Å². The van der Waals surface area contributed by atoms with Crippen molar-refractivity contribution in [3.05, 3.63) is 33.1 Å². The molecule has 92 valence electrons. The molecule has 17 heavy (non-hydrogen) atoms. The van der Waals surface area contributed by atoms with Gasteiger partial charge in [0.1, 0.15) is 11.8 Å². The van der Waals surface area contributed by atoms with E-state index in [1.807, 2.05) is 11.8 Å². The van der Waals surface area contributed by atoms with Crippen molar-refractivity contribution in [1.29, 1.82) is 0 Å². The summed E-state index contributed by atoms with van der Waals surface area (Å²) in [6.45, 7) is 4.40. The largest absolute Gasteiger partial charge is 0.710 e. The van der Waals surface area contributed by atoms with Crippen molar-refractivity contribution in [3.8, 4) is 0 Å². The van der Waals surface area contributed by atoms with Gasteiger partial charge in [0.05, 0.1) is 23.6 Å². The molecule has 1 fully saturated rings. The van der Waals surface area contributed by atoms with E-state index in [1.165, 1.54) is 12.1 Å². The van der Waals surface area contributed by atoms with Crippen LogP contribution in [0.3, 0.4) is 0 Å². The van der Waals surface area contributed by atoms with Gasteiger partial charge in [0.15, 0.2) is 0 Å². The average Bonchev–Trinajstić information content (AvgIpc) is 2.68. The zero-order valence-corrected chi connectivity index (χ0v) is 9.92. The van der Waals surface area contributed by atoms with E-state index in [-0.39, 0.29) is 11.7 Å². The van der Waals surface area contributed by atoms with Crippen LogP contribution in [0.5, 0.6) is 0 Å². The first-order valence-corrected chi connectivity index (χ1v) is 5.66. The average molecular weight is 237 g/mol. The van der Waals surface area contributed by atoms with Crippen LogP contribution in [0.2, 0.25) is 0 Å². The summed E-state index contributed by atoms with van der Waals surface area (Å²) in [5.41, 5.74) is 0.331. The summed E-state index contributed by atoms with van der Waals surface area (Å²) in [5, 5.41) is 22.7. The topological polar surface area (TPSA) is 73.3 Å². The number of pyridine rings is 1. The fraction of sp³-hybridized carbons (Fsp3) is 0.545. The molecule has 2 heterocycles. The summed E-state index contributed by atoms with van der Waals surface area (Å²) in [7, 11) is 0. The Kier molecular flexibility index (Phi) is 2.87. The highest BCUT2D eigenvalue weighted by Gasteiger charge is 2.31. The summed E-state index contributed by atoms with van der Waals surface area (Å²) in [6, 6.07) is 2.93. The van der Waals surface area contributed by atoms with Crippen LogP contribution in [-0.4, -0.2) is 17.5 Å². The van der Waals surface area contributed by atoms with E-state index < -0.39 is 4.92 Å². The Hall–Kier alpha value is -1.85. The maximum atomic E-state index is 11.9.